The van der Waals surface area contributed by atoms with Crippen molar-refractivity contribution >= 4 is 123 Å². The van der Waals surface area contributed by atoms with Crippen molar-refractivity contribution < 1.29 is 8.83 Å². The molecule has 0 spiro atoms. The van der Waals surface area contributed by atoms with E-state index in [1.165, 1.54) is 38.8 Å². The van der Waals surface area contributed by atoms with Crippen LogP contribution in [0.5, 0.6) is 0 Å². The summed E-state index contributed by atoms with van der Waals surface area (Å²) in [6.45, 7) is -0.301. The third-order valence-electron chi connectivity index (χ3n) is 20.3. The third-order valence-corrected chi connectivity index (χ3v) is 20.3. The Labute approximate surface area is 531 Å². The van der Waals surface area contributed by atoms with Crippen LogP contribution in [0.25, 0.3) is 110 Å². The Morgan fingerprint density at radius 1 is 0.261 bits per heavy atom. The fourth-order valence-corrected chi connectivity index (χ4v) is 16.4. The minimum absolute atomic E-state index is 0.301. The molecule has 92 heavy (non-hydrogen) atoms. The second-order valence-corrected chi connectivity index (χ2v) is 24.9. The fourth-order valence-electron chi connectivity index (χ4n) is 16.4. The summed E-state index contributed by atoms with van der Waals surface area (Å²) in [6.07, 6.45) is 0. The van der Waals surface area contributed by atoms with Gasteiger partial charge in [-0.05, 0) is 137 Å². The second kappa shape index (κ2) is 19.5. The Morgan fingerprint density at radius 3 is 1.21 bits per heavy atom. The standard InChI is InChI=1S/C87H53BN2O2/c1-5-23-54(24-6-1)64-44-41-56-27-13-15-33-62(56)85(64)89-76-50-70-68-36-18-21-39-80(68)91-82(70)52-74(76)88-75-53-83-71(69-37-19-22-40-81(69)92-83)51-77(75)90(86-63-34-16-14-28-57(63)42-45-65(86)55-25-7-2-8-26-55)79-49-59(48-78(89)84(79)88)58-43-46-67-66-35-17-20-38-72(66)87(73(67)47-58,60-29-9-3-10-30-60)61-31-11-4-12-32-61/h1-53H. The highest BCUT2D eigenvalue weighted by atomic mass is 16.3. The maximum atomic E-state index is 7.02. The number of para-hydroxylation sites is 2. The van der Waals surface area contributed by atoms with Gasteiger partial charge in [0, 0.05) is 66.2 Å². The lowest BCUT2D eigenvalue weighted by Gasteiger charge is -2.45. The van der Waals surface area contributed by atoms with Gasteiger partial charge in [-0.1, -0.05) is 267 Å². The van der Waals surface area contributed by atoms with Gasteiger partial charge < -0.3 is 18.6 Å². The number of rotatable bonds is 7. The Balaban J connectivity index is 0.979. The van der Waals surface area contributed by atoms with Crippen molar-refractivity contribution in [3.05, 3.63) is 344 Å². The number of fused-ring (bicyclic) bond motifs is 15. The van der Waals surface area contributed by atoms with Crippen LogP contribution in [0.1, 0.15) is 22.3 Å². The fraction of sp³-hybridized carbons (Fsp3) is 0.0115. The normalized spacial score (nSPS) is 13.5. The lowest BCUT2D eigenvalue weighted by atomic mass is 9.33. The van der Waals surface area contributed by atoms with Crippen LogP contribution >= 0.6 is 0 Å². The lowest BCUT2D eigenvalue weighted by Crippen LogP contribution is -2.61. The molecular weight excluding hydrogens is 1120 g/mol. The first-order valence-corrected chi connectivity index (χ1v) is 31.8. The van der Waals surface area contributed by atoms with E-state index in [0.717, 1.165) is 144 Å². The number of furan rings is 2. The molecule has 0 saturated heterocycles. The minimum atomic E-state index is -0.619. The topological polar surface area (TPSA) is 32.8 Å². The SMILES string of the molecule is c1ccc(-c2ccc3ccccc3c2N2c3cc4c(cc3B3c5cc6oc7ccccc7c6cc5N(c5c(-c6ccccc6)ccc6ccccc56)c5cc(-c6ccc7c(c6)C(c6ccccc6)(c6ccccc6)c6ccccc6-7)cc2c53)oc2ccccc24)cc1. The number of hydrogen-bond acceptors (Lipinski definition) is 4. The van der Waals surface area contributed by atoms with E-state index < -0.39 is 5.41 Å². The van der Waals surface area contributed by atoms with Gasteiger partial charge in [0.25, 0.3) is 6.71 Å². The van der Waals surface area contributed by atoms with Crippen molar-refractivity contribution in [1.82, 2.24) is 0 Å². The largest absolute Gasteiger partial charge is 0.456 e. The highest BCUT2D eigenvalue weighted by Crippen LogP contribution is 2.59. The molecule has 0 N–H and O–H groups in total. The molecule has 0 amide bonds. The Hall–Kier alpha value is -11.9. The average Bonchev–Trinajstić information content (AvgIpc) is 1.03. The van der Waals surface area contributed by atoms with E-state index in [1.807, 2.05) is 0 Å². The first-order valence-electron chi connectivity index (χ1n) is 31.8. The number of anilines is 6. The van der Waals surface area contributed by atoms with Crippen LogP contribution in [-0.4, -0.2) is 6.71 Å². The summed E-state index contributed by atoms with van der Waals surface area (Å²) in [5, 5.41) is 8.90. The molecular formula is C87H53BN2O2. The summed E-state index contributed by atoms with van der Waals surface area (Å²) in [7, 11) is 0. The molecule has 1 aliphatic carbocycles. The first kappa shape index (κ1) is 51.0. The molecule has 0 fully saturated rings. The monoisotopic (exact) mass is 1170 g/mol. The number of benzene rings is 15. The van der Waals surface area contributed by atoms with Crippen LogP contribution in [-0.2, 0) is 5.41 Å². The van der Waals surface area contributed by atoms with Gasteiger partial charge in [0.2, 0.25) is 0 Å². The second-order valence-electron chi connectivity index (χ2n) is 24.9. The van der Waals surface area contributed by atoms with Crippen LogP contribution in [0.2, 0.25) is 0 Å². The lowest BCUT2D eigenvalue weighted by molar-refractivity contribution is 0.669. The van der Waals surface area contributed by atoms with Crippen LogP contribution in [0.3, 0.4) is 0 Å². The molecule has 5 heteroatoms. The molecule has 426 valence electrons. The van der Waals surface area contributed by atoms with E-state index in [1.54, 1.807) is 0 Å². The van der Waals surface area contributed by atoms with E-state index in [-0.39, 0.29) is 6.71 Å². The van der Waals surface area contributed by atoms with Crippen molar-refractivity contribution in [1.29, 1.82) is 0 Å². The van der Waals surface area contributed by atoms with Gasteiger partial charge >= 0.3 is 0 Å². The van der Waals surface area contributed by atoms with Crippen molar-refractivity contribution in [2.24, 2.45) is 0 Å². The van der Waals surface area contributed by atoms with Crippen LogP contribution in [0.15, 0.2) is 330 Å². The molecule has 0 radical (unpaired) electrons. The molecule has 2 aromatic heterocycles. The molecule has 4 heterocycles. The van der Waals surface area contributed by atoms with Gasteiger partial charge in [-0.3, -0.25) is 0 Å². The van der Waals surface area contributed by atoms with Gasteiger partial charge in [0.15, 0.2) is 0 Å². The molecule has 17 aromatic rings. The zero-order chi connectivity index (χ0) is 60.2. The molecule has 15 aromatic carbocycles. The summed E-state index contributed by atoms with van der Waals surface area (Å²) >= 11 is 0. The highest BCUT2D eigenvalue weighted by molar-refractivity contribution is 7.00. The molecule has 4 nitrogen and oxygen atoms in total. The van der Waals surface area contributed by atoms with Crippen LogP contribution < -0.4 is 26.2 Å². The summed E-state index contributed by atoms with van der Waals surface area (Å²) in [4.78, 5) is 5.29. The average molecular weight is 1170 g/mol. The Morgan fingerprint density at radius 2 is 0.685 bits per heavy atom. The van der Waals surface area contributed by atoms with Gasteiger partial charge in [-0.15, -0.1) is 0 Å². The van der Waals surface area contributed by atoms with Crippen LogP contribution in [0.4, 0.5) is 34.1 Å². The molecule has 0 saturated carbocycles. The van der Waals surface area contributed by atoms with E-state index in [0.29, 0.717) is 0 Å². The van der Waals surface area contributed by atoms with E-state index >= 15 is 0 Å². The molecule has 3 aliphatic rings. The predicted molar refractivity (Wildman–Crippen MR) is 384 cm³/mol. The summed E-state index contributed by atoms with van der Waals surface area (Å²) in [5.74, 6) is 0. The quantitative estimate of drug-likeness (QED) is 0.149. The Kier molecular flexibility index (Phi) is 10.8. The summed E-state index contributed by atoms with van der Waals surface area (Å²) in [5.41, 5.74) is 27.1. The third kappa shape index (κ3) is 7.19. The van der Waals surface area contributed by atoms with Crippen molar-refractivity contribution in [3.8, 4) is 44.5 Å². The molecule has 0 unspecified atom stereocenters. The van der Waals surface area contributed by atoms with Gasteiger partial charge in [0.05, 0.1) is 16.8 Å². The van der Waals surface area contributed by atoms with E-state index in [4.69, 9.17) is 8.83 Å². The summed E-state index contributed by atoms with van der Waals surface area (Å²) in [6, 6.07) is 120. The van der Waals surface area contributed by atoms with Crippen molar-refractivity contribution in [2.45, 2.75) is 5.41 Å². The predicted octanol–water partition coefficient (Wildman–Crippen LogP) is 21.2. The number of nitrogens with zero attached hydrogens (tertiary/aromatic N) is 2. The smallest absolute Gasteiger partial charge is 0.252 e. The van der Waals surface area contributed by atoms with Gasteiger partial charge in [0.1, 0.15) is 22.3 Å². The zero-order valence-corrected chi connectivity index (χ0v) is 49.9. The maximum Gasteiger partial charge on any atom is 0.252 e. The Bertz CT molecular complexity index is 5600. The molecule has 0 bridgehead atoms. The maximum absolute atomic E-state index is 7.02. The van der Waals surface area contributed by atoms with E-state index in [2.05, 4.69) is 331 Å². The first-order chi connectivity index (χ1) is 45.6. The highest BCUT2D eigenvalue weighted by Gasteiger charge is 2.48. The molecule has 2 aliphatic heterocycles. The van der Waals surface area contributed by atoms with Crippen molar-refractivity contribution in [3.63, 3.8) is 0 Å². The zero-order valence-electron chi connectivity index (χ0n) is 49.9. The van der Waals surface area contributed by atoms with Gasteiger partial charge in [-0.2, -0.15) is 0 Å². The van der Waals surface area contributed by atoms with Crippen LogP contribution in [0, 0.1) is 0 Å². The molecule has 20 rings (SSSR count). The van der Waals surface area contributed by atoms with Crippen molar-refractivity contribution in [2.75, 3.05) is 9.80 Å². The summed E-state index contributed by atoms with van der Waals surface area (Å²) < 4.78 is 14.0. The van der Waals surface area contributed by atoms with Gasteiger partial charge in [-0.25, -0.2) is 0 Å². The van der Waals surface area contributed by atoms with E-state index in [9.17, 15) is 0 Å². The molecule has 0 atom stereocenters. The number of hydrogen-bond donors (Lipinski definition) is 0. The minimum Gasteiger partial charge on any atom is -0.456 e.